The zero-order chi connectivity index (χ0) is 20.5. The Morgan fingerprint density at radius 1 is 1.36 bits per heavy atom. The number of anilines is 1. The fourth-order valence-corrected chi connectivity index (χ4v) is 4.27. The van der Waals surface area contributed by atoms with E-state index in [0.29, 0.717) is 24.6 Å². The monoisotopic (exact) mass is 386 g/mol. The molecule has 0 unspecified atom stereocenters. The minimum atomic E-state index is -0.849. The topological polar surface area (TPSA) is 91.4 Å². The van der Waals surface area contributed by atoms with Crippen molar-refractivity contribution < 1.29 is 14.4 Å². The van der Waals surface area contributed by atoms with Crippen molar-refractivity contribution in [1.82, 2.24) is 15.2 Å². The molecule has 2 N–H and O–H groups in total. The van der Waals surface area contributed by atoms with Gasteiger partial charge in [-0.25, -0.2) is 9.78 Å². The number of carbonyl (C=O) groups excluding carboxylic acids is 3. The van der Waals surface area contributed by atoms with Crippen LogP contribution >= 0.6 is 0 Å². The van der Waals surface area contributed by atoms with Crippen molar-refractivity contribution in [2.45, 2.75) is 65.3 Å². The van der Waals surface area contributed by atoms with Gasteiger partial charge in [0.1, 0.15) is 17.9 Å². The van der Waals surface area contributed by atoms with E-state index in [1.165, 1.54) is 0 Å². The van der Waals surface area contributed by atoms with E-state index in [0.717, 1.165) is 29.7 Å². The molecule has 2 heterocycles. The van der Waals surface area contributed by atoms with Crippen LogP contribution in [0.25, 0.3) is 0 Å². The van der Waals surface area contributed by atoms with E-state index < -0.39 is 17.5 Å². The van der Waals surface area contributed by atoms with Crippen molar-refractivity contribution in [1.29, 1.82) is 0 Å². The number of nitrogens with one attached hydrogen (secondary N) is 2. The maximum atomic E-state index is 13.0. The minimum Gasteiger partial charge on any atom is -0.323 e. The molecule has 4 amide bonds. The molecule has 7 heteroatoms. The Morgan fingerprint density at radius 2 is 2.04 bits per heavy atom. The molecule has 2 fully saturated rings. The molecule has 2 aliphatic rings. The van der Waals surface area contributed by atoms with E-state index in [2.05, 4.69) is 36.4 Å². The molecule has 7 nitrogen and oxygen atoms in total. The number of urea groups is 1. The predicted octanol–water partition coefficient (Wildman–Crippen LogP) is 3.25. The minimum absolute atomic E-state index is 0.230. The third-order valence-corrected chi connectivity index (χ3v) is 6.67. The molecular formula is C21H30N4O3. The summed E-state index contributed by atoms with van der Waals surface area (Å²) in [6, 6.07) is 3.13. The lowest BCUT2D eigenvalue weighted by Crippen LogP contribution is -2.51. The molecular weight excluding hydrogens is 356 g/mol. The lowest BCUT2D eigenvalue weighted by atomic mass is 9.65. The van der Waals surface area contributed by atoms with Crippen LogP contribution < -0.4 is 10.6 Å². The van der Waals surface area contributed by atoms with Crippen LogP contribution in [-0.4, -0.2) is 39.8 Å². The van der Waals surface area contributed by atoms with Crippen molar-refractivity contribution in [3.05, 3.63) is 23.9 Å². The summed E-state index contributed by atoms with van der Waals surface area (Å²) in [5.74, 6) is 0.273. The molecule has 1 aliphatic heterocycles. The van der Waals surface area contributed by atoms with Gasteiger partial charge in [-0.05, 0) is 55.6 Å². The first kappa shape index (κ1) is 20.3. The van der Waals surface area contributed by atoms with Crippen LogP contribution in [0.15, 0.2) is 18.3 Å². The molecule has 152 valence electrons. The molecule has 3 rings (SSSR count). The first-order valence-electron chi connectivity index (χ1n) is 10.0. The van der Waals surface area contributed by atoms with E-state index >= 15 is 0 Å². The summed E-state index contributed by atoms with van der Waals surface area (Å²) >= 11 is 0. The number of hydrogen-bond donors (Lipinski definition) is 2. The number of rotatable bonds is 5. The number of aryl methyl sites for hydroxylation is 1. The summed E-state index contributed by atoms with van der Waals surface area (Å²) in [4.78, 5) is 43.0. The van der Waals surface area contributed by atoms with Crippen LogP contribution in [0.4, 0.5) is 10.6 Å². The molecule has 0 aromatic carbocycles. The smallest absolute Gasteiger partial charge is 0.323 e. The number of amides is 4. The number of carbonyl (C=O) groups is 3. The fourth-order valence-electron chi connectivity index (χ4n) is 4.27. The second-order valence-corrected chi connectivity index (χ2v) is 8.74. The normalized spacial score (nSPS) is 25.1. The summed E-state index contributed by atoms with van der Waals surface area (Å²) in [5, 5.41) is 5.56. The molecule has 1 aliphatic carbocycles. The standard InChI is InChI=1S/C21H30N4O3/c1-5-20(3,4)15-8-10-21(11-9-15)18(27)25(19(28)24-21)13-16(26)23-17-14(2)7-6-12-22-17/h6-7,12,15H,5,8-11,13H2,1-4H3,(H,24,28)(H,22,23,26). The van der Waals surface area contributed by atoms with Gasteiger partial charge in [0.2, 0.25) is 5.91 Å². The van der Waals surface area contributed by atoms with Gasteiger partial charge in [0, 0.05) is 6.20 Å². The van der Waals surface area contributed by atoms with E-state index in [9.17, 15) is 14.4 Å². The highest BCUT2D eigenvalue weighted by Crippen LogP contribution is 2.45. The van der Waals surface area contributed by atoms with E-state index in [1.54, 1.807) is 12.3 Å². The molecule has 1 spiro atoms. The maximum Gasteiger partial charge on any atom is 0.325 e. The van der Waals surface area contributed by atoms with Crippen LogP contribution in [0, 0.1) is 18.3 Å². The second-order valence-electron chi connectivity index (χ2n) is 8.74. The highest BCUT2D eigenvalue weighted by molar-refractivity contribution is 6.10. The third-order valence-electron chi connectivity index (χ3n) is 6.67. The lowest BCUT2D eigenvalue weighted by Gasteiger charge is -2.42. The van der Waals surface area contributed by atoms with Crippen LogP contribution in [0.3, 0.4) is 0 Å². The summed E-state index contributed by atoms with van der Waals surface area (Å²) in [5.41, 5.74) is 0.202. The average Bonchev–Trinajstić information content (AvgIpc) is 2.88. The zero-order valence-corrected chi connectivity index (χ0v) is 17.2. The van der Waals surface area contributed by atoms with Crippen molar-refractivity contribution in [3.8, 4) is 0 Å². The Labute approximate surface area is 166 Å². The Morgan fingerprint density at radius 3 is 2.64 bits per heavy atom. The number of pyridine rings is 1. The Balaban J connectivity index is 1.64. The predicted molar refractivity (Wildman–Crippen MR) is 107 cm³/mol. The lowest BCUT2D eigenvalue weighted by molar-refractivity contribution is -0.135. The molecule has 0 atom stereocenters. The van der Waals surface area contributed by atoms with E-state index in [-0.39, 0.29) is 17.9 Å². The summed E-state index contributed by atoms with van der Waals surface area (Å²) in [7, 11) is 0. The van der Waals surface area contributed by atoms with Crippen LogP contribution in [-0.2, 0) is 9.59 Å². The summed E-state index contributed by atoms with van der Waals surface area (Å²) in [6.45, 7) is 8.26. The maximum absolute atomic E-state index is 13.0. The van der Waals surface area contributed by atoms with Gasteiger partial charge in [0.25, 0.3) is 5.91 Å². The first-order valence-corrected chi connectivity index (χ1v) is 10.0. The number of hydrogen-bond acceptors (Lipinski definition) is 4. The second kappa shape index (κ2) is 7.53. The molecule has 1 aromatic heterocycles. The summed E-state index contributed by atoms with van der Waals surface area (Å²) < 4.78 is 0. The van der Waals surface area contributed by atoms with Gasteiger partial charge >= 0.3 is 6.03 Å². The molecule has 0 radical (unpaired) electrons. The van der Waals surface area contributed by atoms with E-state index in [1.807, 2.05) is 13.0 Å². The molecule has 1 saturated heterocycles. The van der Waals surface area contributed by atoms with Crippen LogP contribution in [0.2, 0.25) is 0 Å². The van der Waals surface area contributed by atoms with Gasteiger partial charge in [-0.1, -0.05) is 33.3 Å². The van der Waals surface area contributed by atoms with Crippen molar-refractivity contribution >= 4 is 23.7 Å². The SMILES string of the molecule is CCC(C)(C)C1CCC2(CC1)NC(=O)N(CC(=O)Nc1ncccc1C)C2=O. The van der Waals surface area contributed by atoms with Gasteiger partial charge in [0.15, 0.2) is 0 Å². The zero-order valence-electron chi connectivity index (χ0n) is 17.2. The average molecular weight is 386 g/mol. The Bertz CT molecular complexity index is 782. The number of nitrogens with zero attached hydrogens (tertiary/aromatic N) is 2. The number of aromatic nitrogens is 1. The highest BCUT2D eigenvalue weighted by atomic mass is 16.2. The third kappa shape index (κ3) is 3.75. The number of imide groups is 1. The molecule has 0 bridgehead atoms. The molecule has 28 heavy (non-hydrogen) atoms. The fraction of sp³-hybridized carbons (Fsp3) is 0.619. The van der Waals surface area contributed by atoms with Crippen molar-refractivity contribution in [2.24, 2.45) is 11.3 Å². The van der Waals surface area contributed by atoms with Crippen molar-refractivity contribution in [3.63, 3.8) is 0 Å². The molecule has 1 aromatic rings. The van der Waals surface area contributed by atoms with Gasteiger partial charge < -0.3 is 10.6 Å². The quantitative estimate of drug-likeness (QED) is 0.760. The van der Waals surface area contributed by atoms with Gasteiger partial charge in [0.05, 0.1) is 0 Å². The van der Waals surface area contributed by atoms with Gasteiger partial charge in [-0.15, -0.1) is 0 Å². The Hall–Kier alpha value is -2.44. The van der Waals surface area contributed by atoms with Crippen molar-refractivity contribution in [2.75, 3.05) is 11.9 Å². The van der Waals surface area contributed by atoms with Crippen LogP contribution in [0.1, 0.15) is 58.4 Å². The van der Waals surface area contributed by atoms with Crippen LogP contribution in [0.5, 0.6) is 0 Å². The first-order chi connectivity index (χ1) is 13.2. The Kier molecular flexibility index (Phi) is 5.46. The van der Waals surface area contributed by atoms with Gasteiger partial charge in [-0.2, -0.15) is 0 Å². The van der Waals surface area contributed by atoms with E-state index in [4.69, 9.17) is 0 Å². The summed E-state index contributed by atoms with van der Waals surface area (Å²) in [6.07, 6.45) is 5.73. The van der Waals surface area contributed by atoms with Gasteiger partial charge in [-0.3, -0.25) is 14.5 Å². The molecule has 1 saturated carbocycles. The largest absolute Gasteiger partial charge is 0.325 e. The highest BCUT2D eigenvalue weighted by Gasteiger charge is 2.53.